The number of ether oxygens (including phenoxy) is 1. The van der Waals surface area contributed by atoms with Crippen LogP contribution in [-0.4, -0.2) is 51.8 Å². The number of nitrogens with zero attached hydrogens (tertiary/aromatic N) is 3. The summed E-state index contributed by atoms with van der Waals surface area (Å²) in [7, 11) is 0. The molecule has 17 heavy (non-hydrogen) atoms. The minimum absolute atomic E-state index is 0.0874. The van der Waals surface area contributed by atoms with Gasteiger partial charge in [-0.3, -0.25) is 9.89 Å². The molecule has 1 saturated heterocycles. The van der Waals surface area contributed by atoms with Crippen molar-refractivity contribution in [3.63, 3.8) is 0 Å². The molecule has 1 N–H and O–H groups in total. The fourth-order valence-corrected chi connectivity index (χ4v) is 1.90. The third-order valence-corrected chi connectivity index (χ3v) is 2.84. The van der Waals surface area contributed by atoms with Crippen LogP contribution in [-0.2, 0) is 11.2 Å². The Bertz CT molecular complexity index is 391. The Labute approximate surface area is 100 Å². The molecule has 0 spiro atoms. The fourth-order valence-electron chi connectivity index (χ4n) is 1.90. The first-order valence-corrected chi connectivity index (χ1v) is 6.02. The fraction of sp³-hybridized carbons (Fsp3) is 0.727. The zero-order valence-corrected chi connectivity index (χ0v) is 10.3. The van der Waals surface area contributed by atoms with Crippen LogP contribution in [0.4, 0.5) is 0 Å². The van der Waals surface area contributed by atoms with Gasteiger partial charge in [0.15, 0.2) is 0 Å². The number of rotatable bonds is 3. The number of aromatic nitrogens is 3. The minimum Gasteiger partial charge on any atom is -0.377 e. The van der Waals surface area contributed by atoms with E-state index in [-0.39, 0.29) is 17.8 Å². The third kappa shape index (κ3) is 2.63. The topological polar surface area (TPSA) is 71.1 Å². The van der Waals surface area contributed by atoms with Crippen LogP contribution in [0.25, 0.3) is 0 Å². The molecule has 2 rings (SSSR count). The normalized spacial score (nSPS) is 20.6. The largest absolute Gasteiger partial charge is 0.377 e. The lowest BCUT2D eigenvalue weighted by molar-refractivity contribution is 0.00294. The van der Waals surface area contributed by atoms with Gasteiger partial charge in [0.05, 0.1) is 19.3 Å². The molecule has 1 fully saturated rings. The number of aryl methyl sites for hydroxylation is 1. The number of morpholine rings is 1. The number of amides is 1. The molecule has 1 aliphatic rings. The predicted octanol–water partition coefficient (Wildman–Crippen LogP) is 0.618. The third-order valence-electron chi connectivity index (χ3n) is 2.84. The molecule has 0 bridgehead atoms. The highest BCUT2D eigenvalue weighted by molar-refractivity contribution is 5.90. The molecule has 1 aromatic rings. The van der Waals surface area contributed by atoms with Gasteiger partial charge >= 0.3 is 0 Å². The van der Waals surface area contributed by atoms with Crippen LogP contribution in [0, 0.1) is 0 Å². The maximum Gasteiger partial charge on any atom is 0.293 e. The van der Waals surface area contributed by atoms with Crippen molar-refractivity contribution in [1.29, 1.82) is 0 Å². The Morgan fingerprint density at radius 1 is 1.65 bits per heavy atom. The van der Waals surface area contributed by atoms with Crippen molar-refractivity contribution in [2.75, 3.05) is 19.8 Å². The first kappa shape index (κ1) is 12.0. The van der Waals surface area contributed by atoms with E-state index in [0.717, 1.165) is 18.7 Å². The van der Waals surface area contributed by atoms with Crippen LogP contribution in [0.1, 0.15) is 36.7 Å². The van der Waals surface area contributed by atoms with E-state index in [0.29, 0.717) is 19.8 Å². The highest BCUT2D eigenvalue weighted by Gasteiger charge is 2.27. The Kier molecular flexibility index (Phi) is 3.73. The van der Waals surface area contributed by atoms with Gasteiger partial charge in [0.1, 0.15) is 5.82 Å². The number of carbonyl (C=O) groups excluding carboxylic acids is 1. The summed E-state index contributed by atoms with van der Waals surface area (Å²) in [6.07, 6.45) is 1.80. The van der Waals surface area contributed by atoms with Crippen molar-refractivity contribution in [3.05, 3.63) is 11.6 Å². The van der Waals surface area contributed by atoms with Crippen LogP contribution < -0.4 is 0 Å². The SMILES string of the molecule is CCCc1nc(C(=O)N2CCOCC2C)n[nH]1. The number of aromatic amines is 1. The average molecular weight is 238 g/mol. The number of hydrogen-bond donors (Lipinski definition) is 1. The van der Waals surface area contributed by atoms with Crippen LogP contribution in [0.5, 0.6) is 0 Å². The maximum absolute atomic E-state index is 12.2. The van der Waals surface area contributed by atoms with Crippen LogP contribution >= 0.6 is 0 Å². The molecule has 0 radical (unpaired) electrons. The second-order valence-electron chi connectivity index (χ2n) is 4.28. The molecule has 6 nitrogen and oxygen atoms in total. The molecular formula is C11H18N4O2. The molecular weight excluding hydrogens is 220 g/mol. The molecule has 6 heteroatoms. The van der Waals surface area contributed by atoms with Gasteiger partial charge in [0, 0.05) is 13.0 Å². The molecule has 2 heterocycles. The van der Waals surface area contributed by atoms with E-state index in [1.165, 1.54) is 0 Å². The van der Waals surface area contributed by atoms with Crippen molar-refractivity contribution in [2.24, 2.45) is 0 Å². The van der Waals surface area contributed by atoms with Crippen molar-refractivity contribution in [3.8, 4) is 0 Å². The van der Waals surface area contributed by atoms with Crippen LogP contribution in [0.3, 0.4) is 0 Å². The highest BCUT2D eigenvalue weighted by Crippen LogP contribution is 2.10. The smallest absolute Gasteiger partial charge is 0.293 e. The van der Waals surface area contributed by atoms with Crippen molar-refractivity contribution < 1.29 is 9.53 Å². The molecule has 1 amide bonds. The summed E-state index contributed by atoms with van der Waals surface area (Å²) in [4.78, 5) is 18.1. The maximum atomic E-state index is 12.2. The van der Waals surface area contributed by atoms with E-state index in [4.69, 9.17) is 4.74 Å². The van der Waals surface area contributed by atoms with Gasteiger partial charge in [-0.05, 0) is 13.3 Å². The predicted molar refractivity (Wildman–Crippen MR) is 61.7 cm³/mol. The molecule has 1 aromatic heterocycles. The van der Waals surface area contributed by atoms with Gasteiger partial charge < -0.3 is 9.64 Å². The van der Waals surface area contributed by atoms with Gasteiger partial charge in [0.2, 0.25) is 5.82 Å². The number of hydrogen-bond acceptors (Lipinski definition) is 4. The molecule has 0 aliphatic carbocycles. The molecule has 1 aliphatic heterocycles. The van der Waals surface area contributed by atoms with E-state index >= 15 is 0 Å². The van der Waals surface area contributed by atoms with Crippen molar-refractivity contribution in [2.45, 2.75) is 32.7 Å². The van der Waals surface area contributed by atoms with Crippen molar-refractivity contribution >= 4 is 5.91 Å². The molecule has 1 atom stereocenters. The summed E-state index contributed by atoms with van der Waals surface area (Å²) in [5.41, 5.74) is 0. The summed E-state index contributed by atoms with van der Waals surface area (Å²) in [5, 5.41) is 6.78. The van der Waals surface area contributed by atoms with Gasteiger partial charge in [-0.15, -0.1) is 5.10 Å². The van der Waals surface area contributed by atoms with Gasteiger partial charge in [0.25, 0.3) is 5.91 Å². The number of carbonyl (C=O) groups is 1. The summed E-state index contributed by atoms with van der Waals surface area (Å²) in [6, 6.07) is 0.0874. The molecule has 1 unspecified atom stereocenters. The molecule has 0 saturated carbocycles. The van der Waals surface area contributed by atoms with Crippen LogP contribution in [0.15, 0.2) is 0 Å². The second kappa shape index (κ2) is 5.27. The Morgan fingerprint density at radius 3 is 3.18 bits per heavy atom. The van der Waals surface area contributed by atoms with Gasteiger partial charge in [-0.2, -0.15) is 0 Å². The van der Waals surface area contributed by atoms with E-state index in [1.54, 1.807) is 4.90 Å². The Hall–Kier alpha value is -1.43. The first-order chi connectivity index (χ1) is 8.22. The summed E-state index contributed by atoms with van der Waals surface area (Å²) in [5.74, 6) is 0.929. The number of H-pyrrole nitrogens is 1. The zero-order chi connectivity index (χ0) is 12.3. The number of nitrogens with one attached hydrogen (secondary N) is 1. The van der Waals surface area contributed by atoms with Crippen molar-refractivity contribution in [1.82, 2.24) is 20.1 Å². The quantitative estimate of drug-likeness (QED) is 0.838. The van der Waals surface area contributed by atoms with Gasteiger partial charge in [-0.1, -0.05) is 6.92 Å². The summed E-state index contributed by atoms with van der Waals surface area (Å²) >= 11 is 0. The Morgan fingerprint density at radius 2 is 2.47 bits per heavy atom. The van der Waals surface area contributed by atoms with E-state index in [1.807, 2.05) is 6.92 Å². The lowest BCUT2D eigenvalue weighted by atomic mass is 10.2. The zero-order valence-electron chi connectivity index (χ0n) is 10.3. The molecule has 94 valence electrons. The molecule has 0 aromatic carbocycles. The van der Waals surface area contributed by atoms with E-state index in [2.05, 4.69) is 22.1 Å². The Balaban J connectivity index is 2.07. The standard InChI is InChI=1S/C11H18N4O2/c1-3-4-9-12-10(14-13-9)11(16)15-5-6-17-7-8(15)2/h8H,3-7H2,1-2H3,(H,12,13,14). The van der Waals surface area contributed by atoms with Gasteiger partial charge in [-0.25, -0.2) is 4.98 Å². The second-order valence-corrected chi connectivity index (χ2v) is 4.28. The summed E-state index contributed by atoms with van der Waals surface area (Å²) < 4.78 is 5.30. The van der Waals surface area contributed by atoms with Crippen LogP contribution in [0.2, 0.25) is 0 Å². The average Bonchev–Trinajstić information content (AvgIpc) is 2.78. The van der Waals surface area contributed by atoms with E-state index in [9.17, 15) is 4.79 Å². The highest BCUT2D eigenvalue weighted by atomic mass is 16.5. The monoisotopic (exact) mass is 238 g/mol. The minimum atomic E-state index is -0.112. The lowest BCUT2D eigenvalue weighted by Gasteiger charge is -2.32. The lowest BCUT2D eigenvalue weighted by Crippen LogP contribution is -2.47. The first-order valence-electron chi connectivity index (χ1n) is 6.02. The van der Waals surface area contributed by atoms with E-state index < -0.39 is 0 Å². The summed E-state index contributed by atoms with van der Waals surface area (Å²) in [6.45, 7) is 5.81.